The lowest BCUT2D eigenvalue weighted by molar-refractivity contribution is -0.139. The fourth-order valence-corrected chi connectivity index (χ4v) is 2.30. The van der Waals surface area contributed by atoms with Gasteiger partial charge in [0.15, 0.2) is 18.1 Å². The summed E-state index contributed by atoms with van der Waals surface area (Å²) in [7, 11) is 1.44. The Morgan fingerprint density at radius 3 is 2.78 bits per heavy atom. The number of phenolic OH excluding ortho intramolecular Hbond substituents is 1. The lowest BCUT2D eigenvalue weighted by Gasteiger charge is -2.03. The zero-order valence-electron chi connectivity index (χ0n) is 14.3. The number of aromatic hydroxyl groups is 1. The average molecular weight is 387 g/mol. The van der Waals surface area contributed by atoms with Gasteiger partial charge in [-0.3, -0.25) is 0 Å². The van der Waals surface area contributed by atoms with Gasteiger partial charge in [0.2, 0.25) is 5.82 Å². The molecule has 2 aromatic carbocycles. The van der Waals surface area contributed by atoms with Crippen LogP contribution in [0.1, 0.15) is 11.5 Å². The van der Waals surface area contributed by atoms with Crippen molar-refractivity contribution in [3.05, 3.63) is 65.0 Å². The molecule has 0 amide bonds. The van der Waals surface area contributed by atoms with E-state index in [4.69, 9.17) is 25.6 Å². The first-order valence-electron chi connectivity index (χ1n) is 7.85. The van der Waals surface area contributed by atoms with Gasteiger partial charge < -0.3 is 19.1 Å². The third kappa shape index (κ3) is 4.86. The van der Waals surface area contributed by atoms with Crippen molar-refractivity contribution in [2.45, 2.75) is 6.61 Å². The van der Waals surface area contributed by atoms with E-state index in [1.165, 1.54) is 25.3 Å². The van der Waals surface area contributed by atoms with Crippen LogP contribution in [-0.4, -0.2) is 28.3 Å². The van der Waals surface area contributed by atoms with Gasteiger partial charge in [-0.05, 0) is 48.0 Å². The van der Waals surface area contributed by atoms with E-state index < -0.39 is 5.97 Å². The minimum atomic E-state index is -0.576. The number of hydrogen-bond donors (Lipinski definition) is 1. The minimum absolute atomic E-state index is 0.0186. The van der Waals surface area contributed by atoms with Gasteiger partial charge in [-0.1, -0.05) is 22.8 Å². The predicted octanol–water partition coefficient (Wildman–Crippen LogP) is 3.86. The monoisotopic (exact) mass is 386 g/mol. The van der Waals surface area contributed by atoms with Gasteiger partial charge in [-0.15, -0.1) is 0 Å². The fourth-order valence-electron chi connectivity index (χ4n) is 2.17. The Morgan fingerprint density at radius 2 is 2.04 bits per heavy atom. The molecule has 1 heterocycles. The summed E-state index contributed by atoms with van der Waals surface area (Å²) in [6, 6.07) is 11.7. The van der Waals surface area contributed by atoms with Crippen LogP contribution in [-0.2, 0) is 16.1 Å². The molecule has 0 saturated carbocycles. The summed E-state index contributed by atoms with van der Waals surface area (Å²) in [5.41, 5.74) is 1.41. The number of hydrogen-bond acceptors (Lipinski definition) is 7. The van der Waals surface area contributed by atoms with Crippen molar-refractivity contribution >= 4 is 23.6 Å². The Bertz CT molecular complexity index is 966. The molecule has 1 N–H and O–H groups in total. The molecule has 0 aliphatic rings. The van der Waals surface area contributed by atoms with Gasteiger partial charge in [-0.25, -0.2) is 4.79 Å². The van der Waals surface area contributed by atoms with Crippen LogP contribution >= 0.6 is 11.6 Å². The number of esters is 1. The molecule has 0 fully saturated rings. The van der Waals surface area contributed by atoms with Gasteiger partial charge in [-0.2, -0.15) is 4.98 Å². The summed E-state index contributed by atoms with van der Waals surface area (Å²) in [6.07, 6.45) is 2.79. The Kier molecular flexibility index (Phi) is 5.73. The van der Waals surface area contributed by atoms with Crippen molar-refractivity contribution in [3.8, 4) is 22.9 Å². The van der Waals surface area contributed by atoms with Gasteiger partial charge in [0.1, 0.15) is 0 Å². The second-order valence-electron chi connectivity index (χ2n) is 5.39. The smallest absolute Gasteiger partial charge is 0.331 e. The molecule has 1 aromatic heterocycles. The van der Waals surface area contributed by atoms with Gasteiger partial charge in [0.05, 0.1) is 7.11 Å². The van der Waals surface area contributed by atoms with Crippen LogP contribution in [0.4, 0.5) is 0 Å². The van der Waals surface area contributed by atoms with Crippen molar-refractivity contribution < 1.29 is 23.9 Å². The molecular weight excluding hydrogens is 372 g/mol. The van der Waals surface area contributed by atoms with E-state index in [0.29, 0.717) is 22.2 Å². The number of methoxy groups -OCH3 is 1. The molecule has 27 heavy (non-hydrogen) atoms. The lowest BCUT2D eigenvalue weighted by Crippen LogP contribution is -2.01. The highest BCUT2D eigenvalue weighted by Crippen LogP contribution is 2.26. The Labute approximate surface area is 159 Å². The highest BCUT2D eigenvalue weighted by Gasteiger charge is 2.10. The van der Waals surface area contributed by atoms with Gasteiger partial charge in [0, 0.05) is 16.7 Å². The second-order valence-corrected chi connectivity index (χ2v) is 5.83. The number of aromatic nitrogens is 2. The molecule has 0 unspecified atom stereocenters. The zero-order chi connectivity index (χ0) is 19.2. The number of carbonyl (C=O) groups is 1. The van der Waals surface area contributed by atoms with E-state index in [0.717, 1.165) is 5.56 Å². The van der Waals surface area contributed by atoms with Gasteiger partial charge in [0.25, 0.3) is 5.89 Å². The van der Waals surface area contributed by atoms with E-state index in [1.54, 1.807) is 36.4 Å². The standard InChI is InChI=1S/C19H15ClN2O5/c1-25-16-10-12(2-8-15(16)23)3-9-18(24)26-11-17-21-19(22-27-17)13-4-6-14(20)7-5-13/h2-10,23H,11H2,1H3/b9-3+. The number of phenols is 1. The molecule has 3 rings (SSSR count). The van der Waals surface area contributed by atoms with E-state index in [2.05, 4.69) is 10.1 Å². The van der Waals surface area contributed by atoms with E-state index in [-0.39, 0.29) is 18.2 Å². The topological polar surface area (TPSA) is 94.7 Å². The Balaban J connectivity index is 1.57. The second kappa shape index (κ2) is 8.37. The molecule has 0 saturated heterocycles. The molecule has 0 bridgehead atoms. The number of benzene rings is 2. The molecule has 138 valence electrons. The normalized spacial score (nSPS) is 10.9. The molecule has 0 aliphatic carbocycles. The summed E-state index contributed by atoms with van der Waals surface area (Å²) in [6.45, 7) is -0.150. The highest BCUT2D eigenvalue weighted by molar-refractivity contribution is 6.30. The molecule has 7 nitrogen and oxygen atoms in total. The molecule has 0 atom stereocenters. The number of ether oxygens (including phenoxy) is 2. The minimum Gasteiger partial charge on any atom is -0.504 e. The summed E-state index contributed by atoms with van der Waals surface area (Å²) in [5.74, 6) is 0.307. The largest absolute Gasteiger partial charge is 0.504 e. The SMILES string of the molecule is COc1cc(/C=C/C(=O)OCc2nc(-c3ccc(Cl)cc3)no2)ccc1O. The molecule has 8 heteroatoms. The third-order valence-electron chi connectivity index (χ3n) is 3.52. The summed E-state index contributed by atoms with van der Waals surface area (Å²) in [5, 5.41) is 14.0. The maximum Gasteiger partial charge on any atom is 0.331 e. The fraction of sp³-hybridized carbons (Fsp3) is 0.105. The summed E-state index contributed by atoms with van der Waals surface area (Å²) < 4.78 is 15.1. The van der Waals surface area contributed by atoms with Crippen molar-refractivity contribution in [1.82, 2.24) is 10.1 Å². The van der Waals surface area contributed by atoms with Crippen molar-refractivity contribution in [3.63, 3.8) is 0 Å². The third-order valence-corrected chi connectivity index (χ3v) is 3.78. The first-order valence-corrected chi connectivity index (χ1v) is 8.23. The number of nitrogens with zero attached hydrogens (tertiary/aromatic N) is 2. The van der Waals surface area contributed by atoms with Crippen LogP contribution in [0.5, 0.6) is 11.5 Å². The lowest BCUT2D eigenvalue weighted by atomic mass is 10.2. The molecule has 3 aromatic rings. The van der Waals surface area contributed by atoms with Gasteiger partial charge >= 0.3 is 5.97 Å². The van der Waals surface area contributed by atoms with Crippen molar-refractivity contribution in [2.75, 3.05) is 7.11 Å². The number of halogens is 1. The molecule has 0 aliphatic heterocycles. The number of carbonyl (C=O) groups excluding carboxylic acids is 1. The molecular formula is C19H15ClN2O5. The average Bonchev–Trinajstić information content (AvgIpc) is 3.15. The quantitative estimate of drug-likeness (QED) is 0.507. The molecule has 0 spiro atoms. The van der Waals surface area contributed by atoms with Crippen LogP contribution in [0, 0.1) is 0 Å². The summed E-state index contributed by atoms with van der Waals surface area (Å²) >= 11 is 5.84. The first-order chi connectivity index (χ1) is 13.0. The zero-order valence-corrected chi connectivity index (χ0v) is 15.0. The predicted molar refractivity (Wildman–Crippen MR) is 98.2 cm³/mol. The van der Waals surface area contributed by atoms with Crippen LogP contribution in [0.25, 0.3) is 17.5 Å². The van der Waals surface area contributed by atoms with Crippen molar-refractivity contribution in [1.29, 1.82) is 0 Å². The van der Waals surface area contributed by atoms with Crippen LogP contribution in [0.3, 0.4) is 0 Å². The number of rotatable bonds is 6. The van der Waals surface area contributed by atoms with Crippen molar-refractivity contribution in [2.24, 2.45) is 0 Å². The van der Waals surface area contributed by atoms with Crippen LogP contribution in [0.15, 0.2) is 53.1 Å². The first kappa shape index (κ1) is 18.5. The highest BCUT2D eigenvalue weighted by atomic mass is 35.5. The van der Waals surface area contributed by atoms with E-state index in [9.17, 15) is 9.90 Å². The van der Waals surface area contributed by atoms with Crippen LogP contribution in [0.2, 0.25) is 5.02 Å². The molecule has 0 radical (unpaired) electrons. The van der Waals surface area contributed by atoms with E-state index in [1.807, 2.05) is 0 Å². The summed E-state index contributed by atoms with van der Waals surface area (Å²) in [4.78, 5) is 16.0. The Hall–Kier alpha value is -3.32. The van der Waals surface area contributed by atoms with E-state index >= 15 is 0 Å². The maximum absolute atomic E-state index is 11.8. The Morgan fingerprint density at radius 1 is 1.26 bits per heavy atom. The van der Waals surface area contributed by atoms with Crippen LogP contribution < -0.4 is 4.74 Å². The maximum atomic E-state index is 11.8.